The van der Waals surface area contributed by atoms with Crippen molar-refractivity contribution in [1.82, 2.24) is 19.5 Å². The Morgan fingerprint density at radius 1 is 1.23 bits per heavy atom. The van der Waals surface area contributed by atoms with E-state index in [4.69, 9.17) is 14.6 Å². The number of carbonyl (C=O) groups excluding carboxylic acids is 1. The molecule has 1 saturated heterocycles. The molecule has 0 bridgehead atoms. The SMILES string of the molecule is CC(=O)[O-].O=P([O-])([O-])OC[C@H]1O[C@@H](n2cnc3c(O)ncnc32)[C@H](O)[C@@H]1O.[Na+].[Na+].[Na+]. The van der Waals surface area contributed by atoms with Gasteiger partial charge in [-0.1, -0.05) is 0 Å². The normalized spacial score (nSPS) is 22.7. The predicted molar refractivity (Wildman–Crippen MR) is 77.2 cm³/mol. The third-order valence-corrected chi connectivity index (χ3v) is 3.81. The molecule has 3 heterocycles. The van der Waals surface area contributed by atoms with Crippen molar-refractivity contribution in [3.63, 3.8) is 0 Å². The van der Waals surface area contributed by atoms with Crippen LogP contribution in [0.4, 0.5) is 0 Å². The monoisotopic (exact) mass is 474 g/mol. The molecule has 1 aliphatic heterocycles. The van der Waals surface area contributed by atoms with Crippen LogP contribution in [0.1, 0.15) is 13.2 Å². The summed E-state index contributed by atoms with van der Waals surface area (Å²) in [5.74, 6) is -1.46. The minimum absolute atomic E-state index is 0. The molecule has 14 nitrogen and oxygen atoms in total. The Bertz CT molecular complexity index is 864. The van der Waals surface area contributed by atoms with E-state index in [1.54, 1.807) is 0 Å². The van der Waals surface area contributed by atoms with E-state index in [0.29, 0.717) is 0 Å². The van der Waals surface area contributed by atoms with E-state index < -0.39 is 44.9 Å². The van der Waals surface area contributed by atoms with E-state index in [1.807, 2.05) is 0 Å². The van der Waals surface area contributed by atoms with Crippen LogP contribution in [0.3, 0.4) is 0 Å². The van der Waals surface area contributed by atoms with Crippen LogP contribution >= 0.6 is 7.82 Å². The van der Waals surface area contributed by atoms with Gasteiger partial charge in [-0.05, 0) is 6.92 Å². The predicted octanol–water partition coefficient (Wildman–Crippen LogP) is -13.2. The first kappa shape index (κ1) is 33.0. The molecule has 0 amide bonds. The van der Waals surface area contributed by atoms with E-state index >= 15 is 0 Å². The Kier molecular flexibility index (Phi) is 15.6. The number of fused-ring (bicyclic) bond motifs is 1. The second kappa shape index (κ2) is 14.2. The van der Waals surface area contributed by atoms with E-state index in [-0.39, 0.29) is 106 Å². The summed E-state index contributed by atoms with van der Waals surface area (Å²) in [7, 11) is -5.24. The Hall–Kier alpha value is 0.810. The van der Waals surface area contributed by atoms with E-state index in [0.717, 1.165) is 13.3 Å². The fraction of sp³-hybridized carbons (Fsp3) is 0.500. The van der Waals surface area contributed by atoms with Crippen LogP contribution in [0.15, 0.2) is 12.7 Å². The first-order chi connectivity index (χ1) is 12.5. The van der Waals surface area contributed by atoms with Gasteiger partial charge in [-0.2, -0.15) is 4.98 Å². The van der Waals surface area contributed by atoms with Crippen molar-refractivity contribution < 1.29 is 138 Å². The molecule has 1 fully saturated rings. The number of carboxylic acids is 1. The molecule has 1 aliphatic rings. The van der Waals surface area contributed by atoms with Crippen LogP contribution in [0, 0.1) is 0 Å². The minimum atomic E-state index is -5.24. The van der Waals surface area contributed by atoms with E-state index in [1.165, 1.54) is 10.9 Å². The maximum Gasteiger partial charge on any atom is 1.00 e. The molecule has 18 heteroatoms. The van der Waals surface area contributed by atoms with Crippen LogP contribution in [0.2, 0.25) is 0 Å². The molecule has 30 heavy (non-hydrogen) atoms. The average molecular weight is 474 g/mol. The number of hydrogen-bond acceptors (Lipinski definition) is 13. The van der Waals surface area contributed by atoms with Crippen LogP contribution in [0.5, 0.6) is 5.88 Å². The summed E-state index contributed by atoms with van der Waals surface area (Å²) in [6.07, 6.45) is -3.11. The number of imidazole rings is 1. The molecular weight excluding hydrogens is 460 g/mol. The maximum absolute atomic E-state index is 10.5. The maximum atomic E-state index is 10.5. The zero-order chi connectivity index (χ0) is 20.4. The molecule has 0 aromatic carbocycles. The summed E-state index contributed by atoms with van der Waals surface area (Å²) in [4.78, 5) is 41.2. The first-order valence-electron chi connectivity index (χ1n) is 7.23. The molecule has 3 rings (SSSR count). The van der Waals surface area contributed by atoms with Gasteiger partial charge in [-0.15, -0.1) is 0 Å². The Morgan fingerprint density at radius 2 is 1.80 bits per heavy atom. The molecule has 2 aromatic rings. The van der Waals surface area contributed by atoms with Gasteiger partial charge in [-0.25, -0.2) is 9.97 Å². The number of rotatable bonds is 4. The van der Waals surface area contributed by atoms with Gasteiger partial charge < -0.3 is 48.8 Å². The summed E-state index contributed by atoms with van der Waals surface area (Å²) < 4.78 is 21.1. The van der Waals surface area contributed by atoms with Crippen molar-refractivity contribution in [1.29, 1.82) is 0 Å². The number of nitrogens with zero attached hydrogens (tertiary/aromatic N) is 4. The zero-order valence-electron chi connectivity index (χ0n) is 16.6. The van der Waals surface area contributed by atoms with E-state index in [9.17, 15) is 29.7 Å². The van der Waals surface area contributed by atoms with Gasteiger partial charge in [0.25, 0.3) is 0 Å². The number of aromatic hydroxyl groups is 1. The summed E-state index contributed by atoms with van der Waals surface area (Å²) >= 11 is 0. The summed E-state index contributed by atoms with van der Waals surface area (Å²) in [5, 5.41) is 38.4. The van der Waals surface area contributed by atoms with Gasteiger partial charge in [0.2, 0.25) is 5.88 Å². The Labute approximate surface area is 236 Å². The van der Waals surface area contributed by atoms with Gasteiger partial charge in [0, 0.05) is 5.97 Å². The topological polar surface area (TPSA) is 226 Å². The van der Waals surface area contributed by atoms with Crippen molar-refractivity contribution in [3.05, 3.63) is 12.7 Å². The number of aliphatic hydroxyl groups is 2. The number of aromatic nitrogens is 4. The van der Waals surface area contributed by atoms with Gasteiger partial charge in [0.05, 0.1) is 20.8 Å². The van der Waals surface area contributed by atoms with Crippen molar-refractivity contribution in [2.45, 2.75) is 31.5 Å². The zero-order valence-corrected chi connectivity index (χ0v) is 23.5. The molecule has 0 saturated carbocycles. The molecule has 0 spiro atoms. The minimum Gasteiger partial charge on any atom is -0.790 e. The number of ether oxygens (including phenoxy) is 1. The largest absolute Gasteiger partial charge is 1.00 e. The fourth-order valence-corrected chi connectivity index (χ4v) is 2.62. The molecule has 0 aliphatic carbocycles. The molecule has 2 aromatic heterocycles. The molecule has 3 N–H and O–H groups in total. The second-order valence-electron chi connectivity index (χ2n) is 5.30. The molecular formula is C12H14N4Na3O10P. The smallest absolute Gasteiger partial charge is 0.790 e. The Balaban J connectivity index is 0. The van der Waals surface area contributed by atoms with Gasteiger partial charge in [-0.3, -0.25) is 4.57 Å². The number of carbonyl (C=O) groups is 1. The van der Waals surface area contributed by atoms with Gasteiger partial charge >= 0.3 is 88.7 Å². The van der Waals surface area contributed by atoms with Crippen LogP contribution in [0.25, 0.3) is 11.2 Å². The molecule has 0 unspecified atom stereocenters. The van der Waals surface area contributed by atoms with Crippen LogP contribution < -0.4 is 104 Å². The second-order valence-corrected chi connectivity index (χ2v) is 6.45. The summed E-state index contributed by atoms with van der Waals surface area (Å²) in [6, 6.07) is 0. The van der Waals surface area contributed by atoms with Gasteiger partial charge in [0.1, 0.15) is 24.6 Å². The Morgan fingerprint density at radius 3 is 2.33 bits per heavy atom. The van der Waals surface area contributed by atoms with E-state index in [2.05, 4.69) is 19.5 Å². The number of carboxylic acid groups (broad SMARTS) is 1. The third kappa shape index (κ3) is 8.98. The molecule has 4 atom stereocenters. The summed E-state index contributed by atoms with van der Waals surface area (Å²) in [6.45, 7) is 0.228. The fourth-order valence-electron chi connectivity index (χ4n) is 2.29. The quantitative estimate of drug-likeness (QED) is 0.277. The van der Waals surface area contributed by atoms with Crippen molar-refractivity contribution in [2.24, 2.45) is 0 Å². The number of hydrogen-bond donors (Lipinski definition) is 3. The van der Waals surface area contributed by atoms with Crippen molar-refractivity contribution in [3.8, 4) is 5.88 Å². The van der Waals surface area contributed by atoms with Gasteiger partial charge in [0.15, 0.2) is 17.4 Å². The summed E-state index contributed by atoms with van der Waals surface area (Å²) in [5.41, 5.74) is 0.190. The molecule has 0 radical (unpaired) electrons. The molecule has 150 valence electrons. The van der Waals surface area contributed by atoms with Crippen molar-refractivity contribution in [2.75, 3.05) is 6.61 Å². The first-order valence-corrected chi connectivity index (χ1v) is 8.69. The number of phosphoric ester groups is 1. The number of aliphatic carboxylic acids is 1. The average Bonchev–Trinajstić information content (AvgIpc) is 3.08. The number of phosphoric acid groups is 1. The standard InChI is InChI=1S/C10H13N4O8P.C2H4O2.3Na/c15-6-4(1-21-23(18,19)20)22-10(7(6)16)14-3-13-5-8(14)11-2-12-9(5)17;1-2(3)4;;;/h2-4,6-7,10,15-16H,1H2,(H,11,12,17)(H2,18,19,20);1H3,(H,3,4);;;/q;;3*+1/p-3/t4-,6-,7-,10-;;;;/m1..../s1. The number of aliphatic hydroxyl groups excluding tert-OH is 2. The van der Waals surface area contributed by atoms with Crippen molar-refractivity contribution >= 4 is 25.0 Å². The third-order valence-electron chi connectivity index (χ3n) is 3.35. The van der Waals surface area contributed by atoms with Crippen LogP contribution in [-0.2, 0) is 18.6 Å². The van der Waals surface area contributed by atoms with Crippen LogP contribution in [-0.4, -0.2) is 65.7 Å².